The van der Waals surface area contributed by atoms with Gasteiger partial charge in [-0.1, -0.05) is 23.4 Å². The van der Waals surface area contributed by atoms with Gasteiger partial charge in [-0.25, -0.2) is 9.67 Å². The predicted molar refractivity (Wildman–Crippen MR) is 67.5 cm³/mol. The summed E-state index contributed by atoms with van der Waals surface area (Å²) >= 11 is 1.40. The molecule has 1 N–H and O–H groups in total. The first-order valence-corrected chi connectivity index (χ1v) is 6.27. The maximum Gasteiger partial charge on any atom is 0.149 e. The maximum absolute atomic E-state index is 10.3. The molecule has 1 aromatic carbocycles. The van der Waals surface area contributed by atoms with Crippen LogP contribution in [0, 0.1) is 0 Å². The van der Waals surface area contributed by atoms with Crippen molar-refractivity contribution in [1.82, 2.24) is 20.0 Å². The summed E-state index contributed by atoms with van der Waals surface area (Å²) in [5.41, 5.74) is 1.47. The van der Waals surface area contributed by atoms with E-state index in [4.69, 9.17) is 0 Å². The van der Waals surface area contributed by atoms with Crippen LogP contribution in [0.5, 0.6) is 0 Å². The Morgan fingerprint density at radius 2 is 2.06 bits per heavy atom. The maximum atomic E-state index is 10.3. The monoisotopic (exact) mass is 258 g/mol. The van der Waals surface area contributed by atoms with Gasteiger partial charge >= 0.3 is 0 Å². The highest BCUT2D eigenvalue weighted by Crippen LogP contribution is 2.24. The molecule has 1 atom stereocenters. The van der Waals surface area contributed by atoms with Gasteiger partial charge in [0.25, 0.3) is 0 Å². The molecule has 0 saturated heterocycles. The Hall–Kier alpha value is -2.05. The fourth-order valence-corrected chi connectivity index (χ4v) is 2.33. The largest absolute Gasteiger partial charge is 0.379 e. The first-order chi connectivity index (χ1) is 8.86. The molecule has 0 bridgehead atoms. The van der Waals surface area contributed by atoms with Gasteiger partial charge in [0.2, 0.25) is 0 Å². The number of aromatic nitrogens is 4. The van der Waals surface area contributed by atoms with Gasteiger partial charge in [-0.05, 0) is 12.1 Å². The van der Waals surface area contributed by atoms with Crippen molar-refractivity contribution in [2.24, 2.45) is 0 Å². The molecule has 0 radical (unpaired) electrons. The minimum atomic E-state index is -0.805. The molecule has 2 aromatic heterocycles. The van der Waals surface area contributed by atoms with Crippen molar-refractivity contribution in [1.29, 1.82) is 0 Å². The minimum Gasteiger partial charge on any atom is -0.379 e. The van der Waals surface area contributed by atoms with Crippen LogP contribution >= 0.6 is 11.3 Å². The van der Waals surface area contributed by atoms with Crippen LogP contribution in [-0.4, -0.2) is 25.1 Å². The third-order valence-corrected chi connectivity index (χ3v) is 3.37. The van der Waals surface area contributed by atoms with Crippen LogP contribution in [0.25, 0.3) is 5.69 Å². The summed E-state index contributed by atoms with van der Waals surface area (Å²) in [4.78, 5) is 4.11. The van der Waals surface area contributed by atoms with Gasteiger partial charge in [0.1, 0.15) is 16.8 Å². The SMILES string of the molecule is OC(c1nccs1)c1cnnn1-c1ccccc1. The molecular weight excluding hydrogens is 248 g/mol. The van der Waals surface area contributed by atoms with Gasteiger partial charge in [0, 0.05) is 11.6 Å². The second kappa shape index (κ2) is 4.67. The van der Waals surface area contributed by atoms with Crippen molar-refractivity contribution in [2.45, 2.75) is 6.10 Å². The molecule has 90 valence electrons. The zero-order valence-electron chi connectivity index (χ0n) is 9.34. The number of nitrogens with zero attached hydrogens (tertiary/aromatic N) is 4. The van der Waals surface area contributed by atoms with Crippen molar-refractivity contribution < 1.29 is 5.11 Å². The predicted octanol–water partition coefficient (Wildman–Crippen LogP) is 1.81. The lowest BCUT2D eigenvalue weighted by atomic mass is 10.2. The number of hydrogen-bond donors (Lipinski definition) is 1. The lowest BCUT2D eigenvalue weighted by Gasteiger charge is -2.09. The van der Waals surface area contributed by atoms with Crippen LogP contribution in [0.3, 0.4) is 0 Å². The Labute approximate surface area is 107 Å². The molecule has 0 amide bonds. The summed E-state index contributed by atoms with van der Waals surface area (Å²) in [6.07, 6.45) is 2.42. The minimum absolute atomic E-state index is 0.608. The Bertz CT molecular complexity index is 621. The van der Waals surface area contributed by atoms with Crippen LogP contribution in [-0.2, 0) is 0 Å². The summed E-state index contributed by atoms with van der Waals surface area (Å²) in [5.74, 6) is 0. The highest BCUT2D eigenvalue weighted by Gasteiger charge is 2.19. The molecule has 0 aliphatic rings. The number of para-hydroxylation sites is 1. The summed E-state index contributed by atoms with van der Waals surface area (Å²) in [6.45, 7) is 0. The van der Waals surface area contributed by atoms with Gasteiger partial charge < -0.3 is 5.11 Å². The summed E-state index contributed by atoms with van der Waals surface area (Å²) < 4.78 is 1.62. The summed E-state index contributed by atoms with van der Waals surface area (Å²) in [6, 6.07) is 9.57. The van der Waals surface area contributed by atoms with Crippen molar-refractivity contribution in [3.05, 3.63) is 58.8 Å². The molecule has 0 aliphatic heterocycles. The van der Waals surface area contributed by atoms with Gasteiger partial charge in [0.05, 0.1) is 11.9 Å². The Morgan fingerprint density at radius 3 is 2.78 bits per heavy atom. The van der Waals surface area contributed by atoms with Crippen molar-refractivity contribution in [3.8, 4) is 5.69 Å². The van der Waals surface area contributed by atoms with Crippen molar-refractivity contribution in [2.75, 3.05) is 0 Å². The number of aliphatic hydroxyl groups is 1. The van der Waals surface area contributed by atoms with E-state index in [0.29, 0.717) is 10.7 Å². The van der Waals surface area contributed by atoms with E-state index in [1.165, 1.54) is 11.3 Å². The molecule has 6 heteroatoms. The average molecular weight is 258 g/mol. The van der Waals surface area contributed by atoms with E-state index in [9.17, 15) is 5.11 Å². The van der Waals surface area contributed by atoms with E-state index in [0.717, 1.165) is 5.69 Å². The first-order valence-electron chi connectivity index (χ1n) is 5.40. The Kier molecular flexibility index (Phi) is 2.87. The number of aliphatic hydroxyl groups excluding tert-OH is 1. The molecular formula is C12H10N4OS. The van der Waals surface area contributed by atoms with E-state index in [1.54, 1.807) is 17.1 Å². The van der Waals surface area contributed by atoms with Crippen LogP contribution in [0.4, 0.5) is 0 Å². The van der Waals surface area contributed by atoms with E-state index in [1.807, 2.05) is 35.7 Å². The summed E-state index contributed by atoms with van der Waals surface area (Å²) in [5, 5.41) is 20.6. The zero-order chi connectivity index (χ0) is 12.4. The van der Waals surface area contributed by atoms with Gasteiger partial charge in [-0.15, -0.1) is 16.4 Å². The van der Waals surface area contributed by atoms with E-state index >= 15 is 0 Å². The number of benzene rings is 1. The molecule has 0 spiro atoms. The first kappa shape index (κ1) is 11.1. The fraction of sp³-hybridized carbons (Fsp3) is 0.0833. The average Bonchev–Trinajstić information content (AvgIpc) is 3.10. The van der Waals surface area contributed by atoms with Crippen LogP contribution < -0.4 is 0 Å². The third kappa shape index (κ3) is 1.92. The van der Waals surface area contributed by atoms with E-state index in [2.05, 4.69) is 15.3 Å². The number of thiazole rings is 1. The van der Waals surface area contributed by atoms with Crippen LogP contribution in [0.1, 0.15) is 16.8 Å². The van der Waals surface area contributed by atoms with Gasteiger partial charge in [-0.2, -0.15) is 0 Å². The molecule has 3 rings (SSSR count). The Morgan fingerprint density at radius 1 is 1.22 bits per heavy atom. The van der Waals surface area contributed by atoms with Gasteiger partial charge in [-0.3, -0.25) is 0 Å². The normalized spacial score (nSPS) is 12.5. The molecule has 5 nitrogen and oxygen atoms in total. The standard InChI is InChI=1S/C12H10N4OS/c17-11(12-13-6-7-18-12)10-8-14-15-16(10)9-4-2-1-3-5-9/h1-8,11,17H. The molecule has 0 saturated carbocycles. The smallest absolute Gasteiger partial charge is 0.149 e. The van der Waals surface area contributed by atoms with Crippen LogP contribution in [0.15, 0.2) is 48.1 Å². The highest BCUT2D eigenvalue weighted by molar-refractivity contribution is 7.09. The zero-order valence-corrected chi connectivity index (χ0v) is 10.2. The number of rotatable bonds is 3. The lowest BCUT2D eigenvalue weighted by molar-refractivity contribution is 0.211. The van der Waals surface area contributed by atoms with Crippen molar-refractivity contribution >= 4 is 11.3 Å². The number of hydrogen-bond acceptors (Lipinski definition) is 5. The second-order valence-corrected chi connectivity index (χ2v) is 4.61. The fourth-order valence-electron chi connectivity index (χ4n) is 1.70. The topological polar surface area (TPSA) is 63.8 Å². The summed E-state index contributed by atoms with van der Waals surface area (Å²) in [7, 11) is 0. The highest BCUT2D eigenvalue weighted by atomic mass is 32.1. The molecule has 0 fully saturated rings. The van der Waals surface area contributed by atoms with Crippen LogP contribution in [0.2, 0.25) is 0 Å². The molecule has 2 heterocycles. The van der Waals surface area contributed by atoms with Gasteiger partial charge in [0.15, 0.2) is 0 Å². The Balaban J connectivity index is 2.02. The molecule has 3 aromatic rings. The molecule has 18 heavy (non-hydrogen) atoms. The molecule has 1 unspecified atom stereocenters. The lowest BCUT2D eigenvalue weighted by Crippen LogP contribution is -2.08. The second-order valence-electron chi connectivity index (χ2n) is 3.68. The molecule has 0 aliphatic carbocycles. The van der Waals surface area contributed by atoms with Crippen molar-refractivity contribution in [3.63, 3.8) is 0 Å². The quantitative estimate of drug-likeness (QED) is 0.778. The third-order valence-electron chi connectivity index (χ3n) is 2.54. The van der Waals surface area contributed by atoms with E-state index in [-0.39, 0.29) is 0 Å². The van der Waals surface area contributed by atoms with E-state index < -0.39 is 6.10 Å².